The van der Waals surface area contributed by atoms with Gasteiger partial charge >= 0.3 is 0 Å². The van der Waals surface area contributed by atoms with E-state index < -0.39 is 27.6 Å². The van der Waals surface area contributed by atoms with Crippen molar-refractivity contribution in [2.75, 3.05) is 13.2 Å². The topological polar surface area (TPSA) is 116 Å². The first kappa shape index (κ1) is 23.1. The summed E-state index contributed by atoms with van der Waals surface area (Å²) >= 11 is 0. The first-order valence-electron chi connectivity index (χ1n) is 9.80. The summed E-state index contributed by atoms with van der Waals surface area (Å²) in [6.45, 7) is 1.73. The first-order valence-corrected chi connectivity index (χ1v) is 11.2. The number of carbonyl (C=O) groups excluding carboxylic acids is 1. The fourth-order valence-corrected chi connectivity index (χ4v) is 5.40. The molecule has 1 aliphatic heterocycles. The zero-order chi connectivity index (χ0) is 22.6. The summed E-state index contributed by atoms with van der Waals surface area (Å²) in [5.74, 6) is -0.847. The second-order valence-corrected chi connectivity index (χ2v) is 9.54. The molecule has 2 aromatic rings. The number of halogens is 1. The number of hydrogen-bond acceptors (Lipinski definition) is 6. The van der Waals surface area contributed by atoms with Crippen LogP contribution in [0.3, 0.4) is 0 Å². The molecule has 31 heavy (non-hydrogen) atoms. The number of aliphatic hydroxyl groups is 1. The smallest absolute Gasteiger partial charge is 0.264 e. The highest BCUT2D eigenvalue weighted by Crippen LogP contribution is 2.32. The van der Waals surface area contributed by atoms with Gasteiger partial charge in [0.1, 0.15) is 17.6 Å². The van der Waals surface area contributed by atoms with Gasteiger partial charge in [0.2, 0.25) is 10.0 Å². The molecule has 3 N–H and O–H groups in total. The molecule has 0 aliphatic carbocycles. The fourth-order valence-electron chi connectivity index (χ4n) is 3.68. The molecule has 1 amide bonds. The van der Waals surface area contributed by atoms with Crippen LogP contribution in [-0.4, -0.2) is 53.7 Å². The second-order valence-electron chi connectivity index (χ2n) is 7.65. The Hall–Kier alpha value is -2.53. The lowest BCUT2D eigenvalue weighted by Gasteiger charge is -2.42. The number of carbonyl (C=O) groups is 1. The summed E-state index contributed by atoms with van der Waals surface area (Å²) in [6, 6.07) is 10.3. The van der Waals surface area contributed by atoms with E-state index in [2.05, 4.69) is 0 Å². The van der Waals surface area contributed by atoms with Crippen LogP contribution in [0.1, 0.15) is 25.3 Å². The van der Waals surface area contributed by atoms with Crippen LogP contribution in [0.2, 0.25) is 0 Å². The molecular formula is C21H25FN2O6S. The number of amides is 1. The summed E-state index contributed by atoms with van der Waals surface area (Å²) in [7, 11) is -4.11. The van der Waals surface area contributed by atoms with Crippen molar-refractivity contribution in [3.63, 3.8) is 0 Å². The largest absolute Gasteiger partial charge is 0.493 e. The average Bonchev–Trinajstić information content (AvgIpc) is 2.74. The van der Waals surface area contributed by atoms with Gasteiger partial charge in [-0.2, -0.15) is 4.31 Å². The van der Waals surface area contributed by atoms with Crippen molar-refractivity contribution < 1.29 is 32.7 Å². The molecule has 1 aliphatic rings. The standard InChI is InChI=1S/C21H25FN2O6S/c1-21(26)12-2-13-24(19(21)20(25)23-27)31(28,29)18-9-7-17(8-10-18)30-14-11-15-3-5-16(22)6-4-15/h3-10,19,26-27H,2,11-14H2,1H3,(H,23,25)/t19?,21-/m0/s1. The number of nitrogens with one attached hydrogen (secondary N) is 1. The van der Waals surface area contributed by atoms with Gasteiger partial charge in [0, 0.05) is 13.0 Å². The van der Waals surface area contributed by atoms with Gasteiger partial charge in [-0.25, -0.2) is 18.3 Å². The zero-order valence-electron chi connectivity index (χ0n) is 17.0. The van der Waals surface area contributed by atoms with Crippen molar-refractivity contribution in [2.45, 2.75) is 42.7 Å². The van der Waals surface area contributed by atoms with Crippen LogP contribution in [0.15, 0.2) is 53.4 Å². The first-order chi connectivity index (χ1) is 14.6. The third kappa shape index (κ3) is 5.21. The predicted octanol–water partition coefficient (Wildman–Crippen LogP) is 1.86. The molecule has 168 valence electrons. The molecule has 3 rings (SSSR count). The molecule has 0 spiro atoms. The number of benzene rings is 2. The maximum Gasteiger partial charge on any atom is 0.264 e. The van der Waals surface area contributed by atoms with Gasteiger partial charge in [0.25, 0.3) is 5.91 Å². The van der Waals surface area contributed by atoms with Crippen LogP contribution in [0.5, 0.6) is 5.75 Å². The predicted molar refractivity (Wildman–Crippen MR) is 110 cm³/mol. The molecule has 0 bridgehead atoms. The summed E-state index contributed by atoms with van der Waals surface area (Å²) in [6.07, 6.45) is 1.14. The van der Waals surface area contributed by atoms with E-state index in [-0.39, 0.29) is 23.7 Å². The molecular weight excluding hydrogens is 427 g/mol. The lowest BCUT2D eigenvalue weighted by atomic mass is 9.87. The Kier molecular flexibility index (Phi) is 6.95. The van der Waals surface area contributed by atoms with Gasteiger partial charge < -0.3 is 9.84 Å². The molecule has 2 atom stereocenters. The van der Waals surface area contributed by atoms with Gasteiger partial charge in [-0.3, -0.25) is 10.0 Å². The van der Waals surface area contributed by atoms with E-state index >= 15 is 0 Å². The van der Waals surface area contributed by atoms with Crippen molar-refractivity contribution in [3.05, 3.63) is 59.9 Å². The highest BCUT2D eigenvalue weighted by atomic mass is 32.2. The molecule has 0 aromatic heterocycles. The third-order valence-electron chi connectivity index (χ3n) is 5.30. The van der Waals surface area contributed by atoms with Gasteiger partial charge in [0.15, 0.2) is 0 Å². The van der Waals surface area contributed by atoms with E-state index in [4.69, 9.17) is 9.94 Å². The van der Waals surface area contributed by atoms with Crippen LogP contribution in [0.25, 0.3) is 0 Å². The van der Waals surface area contributed by atoms with Gasteiger partial charge in [-0.05, 0) is 61.7 Å². The average molecular weight is 453 g/mol. The van der Waals surface area contributed by atoms with E-state index in [1.807, 2.05) is 0 Å². The lowest BCUT2D eigenvalue weighted by molar-refractivity contribution is -0.144. The molecule has 8 nitrogen and oxygen atoms in total. The Morgan fingerprint density at radius 3 is 2.48 bits per heavy atom. The quantitative estimate of drug-likeness (QED) is 0.436. The number of piperidine rings is 1. The van der Waals surface area contributed by atoms with E-state index in [0.29, 0.717) is 25.2 Å². The zero-order valence-corrected chi connectivity index (χ0v) is 17.8. The minimum atomic E-state index is -4.11. The van der Waals surface area contributed by atoms with Crippen LogP contribution < -0.4 is 10.2 Å². The van der Waals surface area contributed by atoms with Crippen molar-refractivity contribution in [2.24, 2.45) is 0 Å². The highest BCUT2D eigenvalue weighted by molar-refractivity contribution is 7.89. The fraction of sp³-hybridized carbons (Fsp3) is 0.381. The maximum absolute atomic E-state index is 13.1. The molecule has 1 heterocycles. The number of rotatable bonds is 7. The summed E-state index contributed by atoms with van der Waals surface area (Å²) in [4.78, 5) is 12.0. The monoisotopic (exact) mass is 452 g/mol. The van der Waals surface area contributed by atoms with Gasteiger partial charge in [-0.1, -0.05) is 12.1 Å². The van der Waals surface area contributed by atoms with Crippen LogP contribution in [-0.2, 0) is 21.2 Å². The summed E-state index contributed by atoms with van der Waals surface area (Å²) < 4.78 is 45.7. The van der Waals surface area contributed by atoms with E-state index in [1.165, 1.54) is 48.8 Å². The number of hydroxylamine groups is 1. The number of hydrogen-bond donors (Lipinski definition) is 3. The maximum atomic E-state index is 13.1. The number of sulfonamides is 1. The summed E-state index contributed by atoms with van der Waals surface area (Å²) in [5.41, 5.74) is 0.732. The molecule has 0 saturated carbocycles. The van der Waals surface area contributed by atoms with Crippen molar-refractivity contribution in [3.8, 4) is 5.75 Å². The minimum Gasteiger partial charge on any atom is -0.493 e. The van der Waals surface area contributed by atoms with Gasteiger partial charge in [-0.15, -0.1) is 0 Å². The van der Waals surface area contributed by atoms with Crippen LogP contribution in [0.4, 0.5) is 4.39 Å². The Balaban J connectivity index is 1.71. The minimum absolute atomic E-state index is 0.0342. The SMILES string of the molecule is C[C@]1(O)CCCN(S(=O)(=O)c2ccc(OCCc3ccc(F)cc3)cc2)C1C(=O)NO. The Morgan fingerprint density at radius 2 is 1.87 bits per heavy atom. The van der Waals surface area contributed by atoms with Crippen molar-refractivity contribution >= 4 is 15.9 Å². The normalized spacial score (nSPS) is 22.1. The Bertz CT molecular complexity index is 1010. The number of nitrogens with zero attached hydrogens (tertiary/aromatic N) is 1. The van der Waals surface area contributed by atoms with E-state index in [0.717, 1.165) is 9.87 Å². The van der Waals surface area contributed by atoms with Crippen LogP contribution >= 0.6 is 0 Å². The van der Waals surface area contributed by atoms with Crippen LogP contribution in [0, 0.1) is 5.82 Å². The molecule has 10 heteroatoms. The Labute approximate surface area is 180 Å². The lowest BCUT2D eigenvalue weighted by Crippen LogP contribution is -2.62. The van der Waals surface area contributed by atoms with E-state index in [1.54, 1.807) is 12.1 Å². The number of ether oxygens (including phenoxy) is 1. The van der Waals surface area contributed by atoms with E-state index in [9.17, 15) is 22.7 Å². The molecule has 2 aromatic carbocycles. The highest BCUT2D eigenvalue weighted by Gasteiger charge is 2.49. The molecule has 1 saturated heterocycles. The van der Waals surface area contributed by atoms with Gasteiger partial charge in [0.05, 0.1) is 17.1 Å². The second kappa shape index (κ2) is 9.31. The summed E-state index contributed by atoms with van der Waals surface area (Å²) in [5, 5.41) is 19.6. The molecule has 0 radical (unpaired) electrons. The Morgan fingerprint density at radius 1 is 1.23 bits per heavy atom. The molecule has 1 unspecified atom stereocenters. The molecule has 1 fully saturated rings. The van der Waals surface area contributed by atoms with Crippen molar-refractivity contribution in [1.29, 1.82) is 0 Å². The third-order valence-corrected chi connectivity index (χ3v) is 7.18. The van der Waals surface area contributed by atoms with Crippen molar-refractivity contribution in [1.82, 2.24) is 9.79 Å².